The van der Waals surface area contributed by atoms with Crippen LogP contribution < -0.4 is 4.90 Å². The van der Waals surface area contributed by atoms with Crippen LogP contribution in [0.5, 0.6) is 0 Å². The van der Waals surface area contributed by atoms with Crippen LogP contribution in [0.25, 0.3) is 0 Å². The summed E-state index contributed by atoms with van der Waals surface area (Å²) in [5.41, 5.74) is 0.186. The third-order valence-corrected chi connectivity index (χ3v) is 5.22. The fraction of sp³-hybridized carbons (Fsp3) is 0.500. The summed E-state index contributed by atoms with van der Waals surface area (Å²) in [7, 11) is -0.272. The molecule has 1 aromatic carbocycles. The SMILES string of the molecule is CN(C)c1ccc(S(=O)(=O)N2CCCC2)cc1[N+](=O)[O-]. The smallest absolute Gasteiger partial charge is 0.293 e. The lowest BCUT2D eigenvalue weighted by molar-refractivity contribution is -0.384. The van der Waals surface area contributed by atoms with Gasteiger partial charge < -0.3 is 4.90 Å². The van der Waals surface area contributed by atoms with Gasteiger partial charge in [0.15, 0.2) is 0 Å². The minimum atomic E-state index is -3.63. The molecule has 1 saturated heterocycles. The molecule has 7 nitrogen and oxygen atoms in total. The molecule has 8 heteroatoms. The largest absolute Gasteiger partial charge is 0.372 e. The van der Waals surface area contributed by atoms with Gasteiger partial charge in [-0.05, 0) is 25.0 Å². The van der Waals surface area contributed by atoms with Gasteiger partial charge in [-0.15, -0.1) is 0 Å². The van der Waals surface area contributed by atoms with Crippen molar-refractivity contribution in [3.05, 3.63) is 28.3 Å². The molecule has 0 aliphatic carbocycles. The number of benzene rings is 1. The average molecular weight is 299 g/mol. The quantitative estimate of drug-likeness (QED) is 0.620. The fourth-order valence-corrected chi connectivity index (χ4v) is 3.80. The maximum absolute atomic E-state index is 12.4. The molecule has 0 spiro atoms. The van der Waals surface area contributed by atoms with Crippen molar-refractivity contribution in [2.75, 3.05) is 32.1 Å². The van der Waals surface area contributed by atoms with Gasteiger partial charge in [0.1, 0.15) is 5.69 Å². The van der Waals surface area contributed by atoms with Crippen molar-refractivity contribution in [1.82, 2.24) is 4.31 Å². The molecule has 0 amide bonds. The normalized spacial score (nSPS) is 16.3. The molecule has 0 saturated carbocycles. The number of nitro groups is 1. The van der Waals surface area contributed by atoms with Gasteiger partial charge in [0, 0.05) is 33.3 Å². The van der Waals surface area contributed by atoms with Crippen molar-refractivity contribution in [3.63, 3.8) is 0 Å². The highest BCUT2D eigenvalue weighted by Gasteiger charge is 2.29. The molecule has 110 valence electrons. The van der Waals surface area contributed by atoms with Crippen LogP contribution in [0.2, 0.25) is 0 Å². The minimum absolute atomic E-state index is 0.0169. The highest BCUT2D eigenvalue weighted by Crippen LogP contribution is 2.31. The molecule has 2 rings (SSSR count). The van der Waals surface area contributed by atoms with Gasteiger partial charge in [-0.3, -0.25) is 10.1 Å². The van der Waals surface area contributed by atoms with E-state index in [-0.39, 0.29) is 10.6 Å². The topological polar surface area (TPSA) is 83.8 Å². The van der Waals surface area contributed by atoms with Crippen LogP contribution in [0, 0.1) is 10.1 Å². The molecule has 1 aromatic rings. The Morgan fingerprint density at radius 3 is 2.35 bits per heavy atom. The van der Waals surface area contributed by atoms with Crippen LogP contribution in [0.3, 0.4) is 0 Å². The Morgan fingerprint density at radius 1 is 1.25 bits per heavy atom. The first-order valence-electron chi connectivity index (χ1n) is 6.30. The summed E-state index contributed by atoms with van der Waals surface area (Å²) in [6, 6.07) is 4.04. The molecule has 1 aliphatic heterocycles. The summed E-state index contributed by atoms with van der Waals surface area (Å²) in [6.07, 6.45) is 1.66. The molecule has 1 fully saturated rings. The number of sulfonamides is 1. The first-order chi connectivity index (χ1) is 9.34. The van der Waals surface area contributed by atoms with Gasteiger partial charge in [0.05, 0.1) is 9.82 Å². The van der Waals surface area contributed by atoms with Crippen molar-refractivity contribution >= 4 is 21.4 Å². The Labute approximate surface area is 118 Å². The van der Waals surface area contributed by atoms with Crippen molar-refractivity contribution < 1.29 is 13.3 Å². The summed E-state index contributed by atoms with van der Waals surface area (Å²) < 4.78 is 26.1. The molecule has 0 atom stereocenters. The van der Waals surface area contributed by atoms with Gasteiger partial charge in [-0.2, -0.15) is 4.31 Å². The van der Waals surface area contributed by atoms with Gasteiger partial charge >= 0.3 is 0 Å². The average Bonchev–Trinajstić information content (AvgIpc) is 2.92. The van der Waals surface area contributed by atoms with Gasteiger partial charge in [0.2, 0.25) is 10.0 Å². The van der Waals surface area contributed by atoms with Crippen LogP contribution in [0.4, 0.5) is 11.4 Å². The zero-order chi connectivity index (χ0) is 14.9. The number of nitro benzene ring substituents is 1. The monoisotopic (exact) mass is 299 g/mol. The fourth-order valence-electron chi connectivity index (χ4n) is 2.27. The Hall–Kier alpha value is -1.67. The van der Waals surface area contributed by atoms with Gasteiger partial charge in [0.25, 0.3) is 5.69 Å². The number of rotatable bonds is 4. The zero-order valence-electron chi connectivity index (χ0n) is 11.4. The highest BCUT2D eigenvalue weighted by molar-refractivity contribution is 7.89. The molecule has 1 aliphatic rings. The molecule has 0 bridgehead atoms. The van der Waals surface area contributed by atoms with Crippen LogP contribution in [-0.4, -0.2) is 44.8 Å². The minimum Gasteiger partial charge on any atom is -0.372 e. The molecule has 20 heavy (non-hydrogen) atoms. The third-order valence-electron chi connectivity index (χ3n) is 3.33. The summed E-state index contributed by atoms with van der Waals surface area (Å²) in [6.45, 7) is 0.955. The van der Waals surface area contributed by atoms with E-state index in [9.17, 15) is 18.5 Å². The van der Waals surface area contributed by atoms with Crippen molar-refractivity contribution in [3.8, 4) is 0 Å². The van der Waals surface area contributed by atoms with E-state index in [1.54, 1.807) is 19.0 Å². The predicted octanol–water partition coefficient (Wildman–Crippen LogP) is 1.45. The molecule has 0 N–H and O–H groups in total. The van der Waals surface area contributed by atoms with E-state index >= 15 is 0 Å². The first-order valence-corrected chi connectivity index (χ1v) is 7.74. The molecule has 0 aromatic heterocycles. The zero-order valence-corrected chi connectivity index (χ0v) is 12.3. The molecular formula is C12H17N3O4S. The number of anilines is 1. The lowest BCUT2D eigenvalue weighted by Crippen LogP contribution is -2.28. The third kappa shape index (κ3) is 2.61. The van der Waals surface area contributed by atoms with E-state index in [0.717, 1.165) is 18.9 Å². The van der Waals surface area contributed by atoms with E-state index in [4.69, 9.17) is 0 Å². The Bertz CT molecular complexity index is 622. The summed E-state index contributed by atoms with van der Waals surface area (Å²) in [4.78, 5) is 12.1. The Morgan fingerprint density at radius 2 is 1.85 bits per heavy atom. The summed E-state index contributed by atoms with van der Waals surface area (Å²) in [5.74, 6) is 0. The van der Waals surface area contributed by atoms with Crippen LogP contribution in [0.15, 0.2) is 23.1 Å². The lowest BCUT2D eigenvalue weighted by Gasteiger charge is -2.17. The number of hydrogen-bond acceptors (Lipinski definition) is 5. The van der Waals surface area contributed by atoms with Crippen LogP contribution in [-0.2, 0) is 10.0 Å². The maximum Gasteiger partial charge on any atom is 0.293 e. The Kier molecular flexibility index (Phi) is 3.96. The van der Waals surface area contributed by atoms with Crippen LogP contribution in [0.1, 0.15) is 12.8 Å². The van der Waals surface area contributed by atoms with E-state index < -0.39 is 14.9 Å². The molecule has 1 heterocycles. The molecule has 0 radical (unpaired) electrons. The first kappa shape index (κ1) is 14.7. The molecule has 0 unspecified atom stereocenters. The van der Waals surface area contributed by atoms with Gasteiger partial charge in [-0.25, -0.2) is 8.42 Å². The summed E-state index contributed by atoms with van der Waals surface area (Å²) >= 11 is 0. The number of nitrogens with zero attached hydrogens (tertiary/aromatic N) is 3. The predicted molar refractivity (Wildman–Crippen MR) is 75.4 cm³/mol. The van der Waals surface area contributed by atoms with E-state index in [2.05, 4.69) is 0 Å². The van der Waals surface area contributed by atoms with E-state index in [0.29, 0.717) is 18.8 Å². The Balaban J connectivity index is 2.48. The second-order valence-corrected chi connectivity index (χ2v) is 6.85. The number of hydrogen-bond donors (Lipinski definition) is 0. The van der Waals surface area contributed by atoms with Crippen molar-refractivity contribution in [2.45, 2.75) is 17.7 Å². The highest BCUT2D eigenvalue weighted by atomic mass is 32.2. The second-order valence-electron chi connectivity index (χ2n) is 4.91. The van der Waals surface area contributed by atoms with E-state index in [1.165, 1.54) is 16.4 Å². The lowest BCUT2D eigenvalue weighted by atomic mass is 10.2. The summed E-state index contributed by atoms with van der Waals surface area (Å²) in [5, 5.41) is 11.1. The van der Waals surface area contributed by atoms with Crippen LogP contribution >= 0.6 is 0 Å². The molecular weight excluding hydrogens is 282 g/mol. The van der Waals surface area contributed by atoms with Crippen molar-refractivity contribution in [1.29, 1.82) is 0 Å². The maximum atomic E-state index is 12.4. The van der Waals surface area contributed by atoms with E-state index in [1.807, 2.05) is 0 Å². The van der Waals surface area contributed by atoms with Crippen molar-refractivity contribution in [2.24, 2.45) is 0 Å². The van der Waals surface area contributed by atoms with Gasteiger partial charge in [-0.1, -0.05) is 0 Å². The standard InChI is InChI=1S/C12H17N3O4S/c1-13(2)11-6-5-10(9-12(11)15(16)17)20(18,19)14-7-3-4-8-14/h5-6,9H,3-4,7-8H2,1-2H3. The second kappa shape index (κ2) is 5.37.